The van der Waals surface area contributed by atoms with Gasteiger partial charge in [-0.3, -0.25) is 0 Å². The number of hydrogen-bond acceptors (Lipinski definition) is 3. The molecule has 1 heterocycles. The van der Waals surface area contributed by atoms with Crippen molar-refractivity contribution in [2.75, 3.05) is 13.1 Å². The molecule has 1 aliphatic heterocycles. The van der Waals surface area contributed by atoms with Crippen molar-refractivity contribution in [2.45, 2.75) is 18.9 Å². The van der Waals surface area contributed by atoms with E-state index in [-0.39, 0.29) is 0 Å². The van der Waals surface area contributed by atoms with E-state index in [9.17, 15) is 0 Å². The minimum absolute atomic E-state index is 0.485. The van der Waals surface area contributed by atoms with Crippen molar-refractivity contribution in [3.8, 4) is 0 Å². The lowest BCUT2D eigenvalue weighted by molar-refractivity contribution is 0.398. The Labute approximate surface area is 90.6 Å². The van der Waals surface area contributed by atoms with Gasteiger partial charge in [-0.05, 0) is 24.9 Å². The van der Waals surface area contributed by atoms with Gasteiger partial charge in [-0.2, -0.15) is 5.10 Å². The van der Waals surface area contributed by atoms with Gasteiger partial charge in [0.2, 0.25) is 0 Å². The van der Waals surface area contributed by atoms with E-state index in [1.807, 2.05) is 36.5 Å². The largest absolute Gasteiger partial charge is 0.315 e. The lowest BCUT2D eigenvalue weighted by Gasteiger charge is -2.21. The summed E-state index contributed by atoms with van der Waals surface area (Å²) >= 11 is 0. The summed E-state index contributed by atoms with van der Waals surface area (Å²) in [5.41, 5.74) is 4.31. The fourth-order valence-electron chi connectivity index (χ4n) is 1.72. The molecule has 3 nitrogen and oxygen atoms in total. The van der Waals surface area contributed by atoms with Crippen LogP contribution in [0.2, 0.25) is 0 Å². The highest BCUT2D eigenvalue weighted by atomic mass is 15.3. The van der Waals surface area contributed by atoms with Crippen molar-refractivity contribution in [1.29, 1.82) is 0 Å². The van der Waals surface area contributed by atoms with E-state index in [2.05, 4.69) is 15.8 Å². The summed E-state index contributed by atoms with van der Waals surface area (Å²) in [5, 5.41) is 7.60. The first-order valence-corrected chi connectivity index (χ1v) is 5.49. The molecular weight excluding hydrogens is 186 g/mol. The molecule has 15 heavy (non-hydrogen) atoms. The number of nitrogens with zero attached hydrogens (tertiary/aromatic N) is 1. The van der Waals surface area contributed by atoms with Crippen molar-refractivity contribution in [2.24, 2.45) is 5.10 Å². The SMILES string of the molecule is C(=NNC1CCCNC1)c1ccccc1. The van der Waals surface area contributed by atoms with Crippen molar-refractivity contribution >= 4 is 6.21 Å². The molecule has 80 valence electrons. The Morgan fingerprint density at radius 1 is 1.33 bits per heavy atom. The maximum Gasteiger partial charge on any atom is 0.0565 e. The molecule has 2 rings (SSSR count). The number of rotatable bonds is 3. The maximum absolute atomic E-state index is 4.25. The summed E-state index contributed by atoms with van der Waals surface area (Å²) in [6.07, 6.45) is 4.31. The topological polar surface area (TPSA) is 36.4 Å². The molecule has 0 bridgehead atoms. The molecule has 1 atom stereocenters. The zero-order valence-electron chi connectivity index (χ0n) is 8.82. The Hall–Kier alpha value is -1.35. The second-order valence-corrected chi connectivity index (χ2v) is 3.84. The van der Waals surface area contributed by atoms with Crippen LogP contribution in [-0.4, -0.2) is 25.3 Å². The molecule has 0 saturated carbocycles. The van der Waals surface area contributed by atoms with Gasteiger partial charge in [0.05, 0.1) is 12.3 Å². The van der Waals surface area contributed by atoms with Crippen molar-refractivity contribution in [1.82, 2.24) is 10.7 Å². The van der Waals surface area contributed by atoms with E-state index in [4.69, 9.17) is 0 Å². The Bertz CT molecular complexity index is 302. The van der Waals surface area contributed by atoms with Crippen LogP contribution in [0.15, 0.2) is 35.4 Å². The van der Waals surface area contributed by atoms with Crippen LogP contribution < -0.4 is 10.7 Å². The zero-order chi connectivity index (χ0) is 10.3. The molecule has 1 aromatic carbocycles. The summed E-state index contributed by atoms with van der Waals surface area (Å²) in [5.74, 6) is 0. The van der Waals surface area contributed by atoms with Crippen LogP contribution in [0, 0.1) is 0 Å². The van der Waals surface area contributed by atoms with Crippen LogP contribution in [0.5, 0.6) is 0 Å². The van der Waals surface area contributed by atoms with Gasteiger partial charge in [0.25, 0.3) is 0 Å². The predicted molar refractivity (Wildman–Crippen MR) is 63.1 cm³/mol. The van der Waals surface area contributed by atoms with Gasteiger partial charge >= 0.3 is 0 Å². The molecule has 2 N–H and O–H groups in total. The lowest BCUT2D eigenvalue weighted by Crippen LogP contribution is -2.40. The standard InChI is InChI=1S/C12H17N3/c1-2-5-11(6-3-1)9-14-15-12-7-4-8-13-10-12/h1-3,5-6,9,12-13,15H,4,7-8,10H2. The fourth-order valence-corrected chi connectivity index (χ4v) is 1.72. The minimum atomic E-state index is 0.485. The third-order valence-corrected chi connectivity index (χ3v) is 2.57. The van der Waals surface area contributed by atoms with E-state index in [1.165, 1.54) is 12.8 Å². The van der Waals surface area contributed by atoms with Gasteiger partial charge in [-0.15, -0.1) is 0 Å². The number of hydrazone groups is 1. The van der Waals surface area contributed by atoms with Crippen LogP contribution in [0.4, 0.5) is 0 Å². The Morgan fingerprint density at radius 3 is 2.93 bits per heavy atom. The van der Waals surface area contributed by atoms with E-state index in [0.29, 0.717) is 6.04 Å². The molecule has 1 aromatic rings. The molecule has 1 aliphatic rings. The van der Waals surface area contributed by atoms with Gasteiger partial charge in [-0.25, -0.2) is 0 Å². The number of nitrogens with one attached hydrogen (secondary N) is 2. The predicted octanol–water partition coefficient (Wildman–Crippen LogP) is 1.36. The molecule has 0 radical (unpaired) electrons. The monoisotopic (exact) mass is 203 g/mol. The van der Waals surface area contributed by atoms with Crippen LogP contribution >= 0.6 is 0 Å². The van der Waals surface area contributed by atoms with Crippen molar-refractivity contribution in [3.05, 3.63) is 35.9 Å². The highest BCUT2D eigenvalue weighted by Crippen LogP contribution is 2.00. The van der Waals surface area contributed by atoms with Crippen LogP contribution in [0.3, 0.4) is 0 Å². The molecular formula is C12H17N3. The number of hydrogen-bond donors (Lipinski definition) is 2. The maximum atomic E-state index is 4.25. The van der Waals surface area contributed by atoms with Gasteiger partial charge in [0, 0.05) is 6.54 Å². The summed E-state index contributed by atoms with van der Waals surface area (Å²) in [4.78, 5) is 0. The first kappa shape index (κ1) is 10.2. The first-order chi connectivity index (χ1) is 7.45. The summed E-state index contributed by atoms with van der Waals surface area (Å²) in [6, 6.07) is 10.6. The smallest absolute Gasteiger partial charge is 0.0565 e. The summed E-state index contributed by atoms with van der Waals surface area (Å²) < 4.78 is 0. The Morgan fingerprint density at radius 2 is 2.20 bits per heavy atom. The van der Waals surface area contributed by atoms with Gasteiger partial charge in [-0.1, -0.05) is 30.3 Å². The van der Waals surface area contributed by atoms with E-state index in [0.717, 1.165) is 18.7 Å². The molecule has 0 aromatic heterocycles. The van der Waals surface area contributed by atoms with Gasteiger partial charge < -0.3 is 10.7 Å². The molecule has 0 spiro atoms. The highest BCUT2D eigenvalue weighted by Gasteiger charge is 2.10. The second kappa shape index (κ2) is 5.51. The average molecular weight is 203 g/mol. The van der Waals surface area contributed by atoms with Gasteiger partial charge in [0.15, 0.2) is 0 Å². The molecule has 0 aliphatic carbocycles. The Balaban J connectivity index is 1.79. The quantitative estimate of drug-likeness (QED) is 0.575. The van der Waals surface area contributed by atoms with Crippen LogP contribution in [0.25, 0.3) is 0 Å². The van der Waals surface area contributed by atoms with E-state index < -0.39 is 0 Å². The molecule has 0 amide bonds. The van der Waals surface area contributed by atoms with Crippen molar-refractivity contribution < 1.29 is 0 Å². The average Bonchev–Trinajstić information content (AvgIpc) is 2.32. The Kier molecular flexibility index (Phi) is 3.74. The summed E-state index contributed by atoms with van der Waals surface area (Å²) in [7, 11) is 0. The molecule has 1 saturated heterocycles. The lowest BCUT2D eigenvalue weighted by atomic mass is 10.1. The minimum Gasteiger partial charge on any atom is -0.315 e. The third kappa shape index (κ3) is 3.36. The highest BCUT2D eigenvalue weighted by molar-refractivity contribution is 5.79. The number of benzene rings is 1. The first-order valence-electron chi connectivity index (χ1n) is 5.49. The van der Waals surface area contributed by atoms with Crippen LogP contribution in [-0.2, 0) is 0 Å². The fraction of sp³-hybridized carbons (Fsp3) is 0.417. The third-order valence-electron chi connectivity index (χ3n) is 2.57. The second-order valence-electron chi connectivity index (χ2n) is 3.84. The molecule has 1 fully saturated rings. The number of piperidine rings is 1. The van der Waals surface area contributed by atoms with E-state index in [1.54, 1.807) is 0 Å². The van der Waals surface area contributed by atoms with E-state index >= 15 is 0 Å². The van der Waals surface area contributed by atoms with Crippen LogP contribution in [0.1, 0.15) is 18.4 Å². The van der Waals surface area contributed by atoms with Crippen molar-refractivity contribution in [3.63, 3.8) is 0 Å². The molecule has 1 unspecified atom stereocenters. The van der Waals surface area contributed by atoms with Gasteiger partial charge in [0.1, 0.15) is 0 Å². The molecule has 3 heteroatoms. The normalized spacial score (nSPS) is 21.7. The summed E-state index contributed by atoms with van der Waals surface area (Å²) in [6.45, 7) is 2.16. The zero-order valence-corrected chi connectivity index (χ0v) is 8.82.